The Kier molecular flexibility index (Phi) is 6.33. The van der Waals surface area contributed by atoms with Gasteiger partial charge in [-0.15, -0.1) is 0 Å². The molecule has 1 aromatic heterocycles. The van der Waals surface area contributed by atoms with Crippen LogP contribution in [0.5, 0.6) is 0 Å². The van der Waals surface area contributed by atoms with E-state index >= 15 is 0 Å². The Morgan fingerprint density at radius 2 is 1.66 bits per heavy atom. The van der Waals surface area contributed by atoms with E-state index in [9.17, 15) is 23.3 Å². The Hall–Kier alpha value is -4.70. The highest BCUT2D eigenvalue weighted by atomic mass is 32.2. The molecule has 0 amide bonds. The van der Waals surface area contributed by atoms with E-state index in [-0.39, 0.29) is 28.4 Å². The van der Waals surface area contributed by atoms with Gasteiger partial charge < -0.3 is 9.15 Å². The number of nitrogens with one attached hydrogen (secondary N) is 1. The van der Waals surface area contributed by atoms with Crippen LogP contribution in [-0.4, -0.2) is 25.9 Å². The number of nitro groups is 1. The molecule has 0 aliphatic heterocycles. The van der Waals surface area contributed by atoms with Gasteiger partial charge in [-0.1, -0.05) is 60.7 Å². The van der Waals surface area contributed by atoms with Crippen LogP contribution in [0.25, 0.3) is 33.1 Å². The van der Waals surface area contributed by atoms with E-state index in [1.807, 2.05) is 18.2 Å². The molecule has 1 N–H and O–H groups in total. The smallest absolute Gasteiger partial charge is 0.342 e. The average molecular weight is 531 g/mol. The topological polar surface area (TPSA) is 129 Å². The minimum Gasteiger partial charge on any atom is -0.462 e. The molecule has 0 unspecified atom stereocenters. The number of furan rings is 1. The van der Waals surface area contributed by atoms with Crippen molar-refractivity contribution in [3.8, 4) is 11.3 Å². The van der Waals surface area contributed by atoms with Crippen LogP contribution < -0.4 is 4.72 Å². The van der Waals surface area contributed by atoms with Crippen LogP contribution in [0.2, 0.25) is 0 Å². The molecule has 38 heavy (non-hydrogen) atoms. The first-order valence-corrected chi connectivity index (χ1v) is 13.2. The van der Waals surface area contributed by atoms with Gasteiger partial charge in [0.15, 0.2) is 0 Å². The van der Waals surface area contributed by atoms with E-state index < -0.39 is 20.9 Å². The van der Waals surface area contributed by atoms with E-state index in [4.69, 9.17) is 9.15 Å². The molecule has 5 rings (SSSR count). The summed E-state index contributed by atoms with van der Waals surface area (Å²) in [4.78, 5) is 23.6. The second-order valence-electron chi connectivity index (χ2n) is 8.55. The summed E-state index contributed by atoms with van der Waals surface area (Å²) < 4.78 is 40.9. The predicted octanol–water partition coefficient (Wildman–Crippen LogP) is 6.45. The van der Waals surface area contributed by atoms with Gasteiger partial charge in [-0.2, -0.15) is 0 Å². The van der Waals surface area contributed by atoms with E-state index in [0.29, 0.717) is 38.6 Å². The van der Waals surface area contributed by atoms with Crippen LogP contribution in [0.15, 0.2) is 88.2 Å². The third-order valence-electron chi connectivity index (χ3n) is 6.14. The average Bonchev–Trinajstić information content (AvgIpc) is 3.29. The van der Waals surface area contributed by atoms with Crippen molar-refractivity contribution in [1.29, 1.82) is 0 Å². The van der Waals surface area contributed by atoms with Crippen molar-refractivity contribution in [1.82, 2.24) is 0 Å². The summed E-state index contributed by atoms with van der Waals surface area (Å²) in [5, 5.41) is 12.9. The molecule has 0 atom stereocenters. The van der Waals surface area contributed by atoms with Crippen molar-refractivity contribution >= 4 is 49.1 Å². The van der Waals surface area contributed by atoms with Crippen molar-refractivity contribution < 1.29 is 27.3 Å². The lowest BCUT2D eigenvalue weighted by molar-refractivity contribution is -0.385. The summed E-state index contributed by atoms with van der Waals surface area (Å²) in [5.41, 5.74) is 1.45. The van der Waals surface area contributed by atoms with E-state index in [1.165, 1.54) is 25.1 Å². The van der Waals surface area contributed by atoms with Crippen molar-refractivity contribution in [2.24, 2.45) is 0 Å². The van der Waals surface area contributed by atoms with E-state index in [1.54, 1.807) is 43.3 Å². The zero-order chi connectivity index (χ0) is 27.0. The molecule has 0 saturated carbocycles. The van der Waals surface area contributed by atoms with Crippen molar-refractivity contribution in [3.05, 3.63) is 100 Å². The molecule has 0 aliphatic rings. The lowest BCUT2D eigenvalue weighted by atomic mass is 10.0. The Bertz CT molecular complexity index is 1830. The van der Waals surface area contributed by atoms with Gasteiger partial charge in [-0.05, 0) is 26.0 Å². The Morgan fingerprint density at radius 1 is 0.974 bits per heavy atom. The zero-order valence-electron chi connectivity index (χ0n) is 20.4. The van der Waals surface area contributed by atoms with Gasteiger partial charge in [0.2, 0.25) is 0 Å². The van der Waals surface area contributed by atoms with Crippen LogP contribution in [0.4, 0.5) is 11.4 Å². The number of carbonyl (C=O) groups is 1. The van der Waals surface area contributed by atoms with Crippen LogP contribution in [0, 0.1) is 17.0 Å². The summed E-state index contributed by atoms with van der Waals surface area (Å²) in [6, 6.07) is 21.3. The van der Waals surface area contributed by atoms with Crippen molar-refractivity contribution in [2.45, 2.75) is 18.7 Å². The number of nitrogens with zero attached hydrogens (tertiary/aromatic N) is 1. The van der Waals surface area contributed by atoms with Gasteiger partial charge in [-0.3, -0.25) is 14.8 Å². The number of esters is 1. The molecule has 0 radical (unpaired) electrons. The second-order valence-corrected chi connectivity index (χ2v) is 10.2. The third kappa shape index (κ3) is 4.35. The number of benzene rings is 4. The fraction of sp³-hybridized carbons (Fsp3) is 0.107. The number of nitro benzene ring substituents is 1. The van der Waals surface area contributed by atoms with Gasteiger partial charge in [0, 0.05) is 33.4 Å². The molecular weight excluding hydrogens is 508 g/mol. The Morgan fingerprint density at radius 3 is 2.34 bits per heavy atom. The number of fused-ring (bicyclic) bond motifs is 3. The fourth-order valence-electron chi connectivity index (χ4n) is 4.36. The summed E-state index contributed by atoms with van der Waals surface area (Å²) in [6.07, 6.45) is 0. The summed E-state index contributed by atoms with van der Waals surface area (Å²) >= 11 is 0. The van der Waals surface area contributed by atoms with Crippen molar-refractivity contribution in [2.75, 3.05) is 11.3 Å². The summed E-state index contributed by atoms with van der Waals surface area (Å²) in [6.45, 7) is 3.36. The first kappa shape index (κ1) is 25.0. The number of ether oxygens (including phenoxy) is 1. The second kappa shape index (κ2) is 9.64. The number of carbonyl (C=O) groups excluding carboxylic acids is 1. The van der Waals surface area contributed by atoms with Crippen LogP contribution in [-0.2, 0) is 14.8 Å². The van der Waals surface area contributed by atoms with E-state index in [2.05, 4.69) is 4.72 Å². The molecule has 192 valence electrons. The number of sulfonamides is 1. The molecule has 4 aromatic carbocycles. The number of anilines is 1. The molecule has 0 saturated heterocycles. The maximum Gasteiger partial charge on any atom is 0.342 e. The minimum absolute atomic E-state index is 0.138. The lowest BCUT2D eigenvalue weighted by Gasteiger charge is -2.12. The van der Waals surface area contributed by atoms with E-state index in [0.717, 1.165) is 6.07 Å². The number of hydrogen-bond donors (Lipinski definition) is 1. The normalized spacial score (nSPS) is 11.5. The highest BCUT2D eigenvalue weighted by Crippen LogP contribution is 2.41. The SMILES string of the molecule is CCOC(=O)c1c(-c2ccccc2)oc2c1cc(NS(=O)(=O)c1ccc(C)c([N+](=O)[O-])c1)c1ccccc12. The predicted molar refractivity (Wildman–Crippen MR) is 144 cm³/mol. The molecule has 9 nitrogen and oxygen atoms in total. The maximum absolute atomic E-state index is 13.4. The molecule has 0 aliphatic carbocycles. The van der Waals surface area contributed by atoms with Gasteiger partial charge in [0.05, 0.1) is 22.1 Å². The van der Waals surface area contributed by atoms with Crippen LogP contribution in [0.1, 0.15) is 22.8 Å². The quantitative estimate of drug-likeness (QED) is 0.145. The molecule has 10 heteroatoms. The molecule has 0 bridgehead atoms. The van der Waals surface area contributed by atoms with Gasteiger partial charge >= 0.3 is 5.97 Å². The largest absolute Gasteiger partial charge is 0.462 e. The first-order chi connectivity index (χ1) is 18.2. The highest BCUT2D eigenvalue weighted by Gasteiger charge is 2.27. The Labute approximate surface area is 217 Å². The number of rotatable bonds is 7. The fourth-order valence-corrected chi connectivity index (χ4v) is 5.45. The molecular formula is C28H22N2O7S. The van der Waals surface area contributed by atoms with Crippen molar-refractivity contribution in [3.63, 3.8) is 0 Å². The van der Waals surface area contributed by atoms with Gasteiger partial charge in [0.1, 0.15) is 16.9 Å². The van der Waals surface area contributed by atoms with Crippen LogP contribution >= 0.6 is 0 Å². The lowest BCUT2D eigenvalue weighted by Crippen LogP contribution is -2.14. The standard InChI is InChI=1S/C28H22N2O7S/c1-3-36-28(31)25-22-16-23(29-38(34,35)19-14-13-17(2)24(15-19)30(32)33)20-11-7-8-12-21(20)27(22)37-26(25)18-9-5-4-6-10-18/h4-16,29H,3H2,1-2H3. The van der Waals surface area contributed by atoms with Crippen LogP contribution in [0.3, 0.4) is 0 Å². The molecule has 5 aromatic rings. The zero-order valence-corrected chi connectivity index (χ0v) is 21.2. The summed E-state index contributed by atoms with van der Waals surface area (Å²) in [7, 11) is -4.24. The number of aryl methyl sites for hydroxylation is 1. The number of hydrogen-bond acceptors (Lipinski definition) is 7. The Balaban J connectivity index is 1.75. The monoisotopic (exact) mass is 530 g/mol. The van der Waals surface area contributed by atoms with Gasteiger partial charge in [0.25, 0.3) is 15.7 Å². The minimum atomic E-state index is -4.24. The summed E-state index contributed by atoms with van der Waals surface area (Å²) in [5.74, 6) is -0.304. The van der Waals surface area contributed by atoms with Gasteiger partial charge in [-0.25, -0.2) is 13.2 Å². The molecule has 0 fully saturated rings. The first-order valence-electron chi connectivity index (χ1n) is 11.7. The molecule has 0 spiro atoms. The highest BCUT2D eigenvalue weighted by molar-refractivity contribution is 7.92. The molecule has 1 heterocycles. The maximum atomic E-state index is 13.4. The third-order valence-corrected chi connectivity index (χ3v) is 7.51.